The Bertz CT molecular complexity index is 915. The van der Waals surface area contributed by atoms with Crippen LogP contribution in [0.3, 0.4) is 0 Å². The maximum absolute atomic E-state index is 12.8. The zero-order valence-corrected chi connectivity index (χ0v) is 16.5. The summed E-state index contributed by atoms with van der Waals surface area (Å²) in [5, 5.41) is -1.78. The number of carbonyl (C=O) groups is 4. The highest BCUT2D eigenvalue weighted by Crippen LogP contribution is 2.45. The third kappa shape index (κ3) is 4.83. The number of hydrogen-bond acceptors (Lipinski definition) is 6. The zero-order chi connectivity index (χ0) is 21.0. The summed E-state index contributed by atoms with van der Waals surface area (Å²) in [6.45, 7) is 0. The minimum atomic E-state index is -1.29. The molecule has 150 valence electrons. The number of benzene rings is 2. The third-order valence-corrected chi connectivity index (χ3v) is 5.35. The van der Waals surface area contributed by atoms with Crippen LogP contribution in [0, 0.1) is 23.7 Å². The molecule has 29 heavy (non-hydrogen) atoms. The number of carbonyl (C=O) groups excluding carboxylic acids is 4. The largest absolute Gasteiger partial charge is 0.426 e. The molecular formula is C21H16Cl2O6. The first-order chi connectivity index (χ1) is 13.9. The predicted octanol–water partition coefficient (Wildman–Crippen LogP) is 3.60. The Morgan fingerprint density at radius 3 is 1.59 bits per heavy atom. The van der Waals surface area contributed by atoms with Gasteiger partial charge in [-0.2, -0.15) is 0 Å². The van der Waals surface area contributed by atoms with E-state index in [0.717, 1.165) is 0 Å². The van der Waals surface area contributed by atoms with Gasteiger partial charge in [0, 0.05) is 5.92 Å². The maximum Gasteiger partial charge on any atom is 0.315 e. The van der Waals surface area contributed by atoms with Gasteiger partial charge in [0.25, 0.3) is 0 Å². The molecule has 4 atom stereocenters. The summed E-state index contributed by atoms with van der Waals surface area (Å²) in [4.78, 5) is 49.6. The lowest BCUT2D eigenvalue weighted by molar-refractivity contribution is -0.147. The number of rotatable bonds is 6. The van der Waals surface area contributed by atoms with Crippen LogP contribution in [0.4, 0.5) is 0 Å². The molecule has 1 fully saturated rings. The van der Waals surface area contributed by atoms with Gasteiger partial charge in [-0.15, -0.1) is 0 Å². The van der Waals surface area contributed by atoms with Gasteiger partial charge in [-0.25, -0.2) is 0 Å². The monoisotopic (exact) mass is 434 g/mol. The van der Waals surface area contributed by atoms with Crippen molar-refractivity contribution in [1.82, 2.24) is 0 Å². The van der Waals surface area contributed by atoms with E-state index in [2.05, 4.69) is 0 Å². The van der Waals surface area contributed by atoms with Crippen LogP contribution in [0.5, 0.6) is 11.5 Å². The van der Waals surface area contributed by atoms with E-state index >= 15 is 0 Å². The second kappa shape index (κ2) is 9.20. The van der Waals surface area contributed by atoms with Crippen LogP contribution in [0.1, 0.15) is 6.42 Å². The molecule has 0 aliphatic heterocycles. The van der Waals surface area contributed by atoms with Crippen LogP contribution >= 0.6 is 23.2 Å². The summed E-state index contributed by atoms with van der Waals surface area (Å²) in [7, 11) is 0. The maximum atomic E-state index is 12.8. The van der Waals surface area contributed by atoms with Gasteiger partial charge in [0.15, 0.2) is 0 Å². The number of esters is 2. The average Bonchev–Trinajstić information content (AvgIpc) is 3.11. The van der Waals surface area contributed by atoms with Crippen molar-refractivity contribution in [1.29, 1.82) is 0 Å². The Labute approximate surface area is 176 Å². The van der Waals surface area contributed by atoms with Crippen molar-refractivity contribution < 1.29 is 28.7 Å². The summed E-state index contributed by atoms with van der Waals surface area (Å²) in [5.74, 6) is -5.93. The molecule has 1 aliphatic rings. The summed E-state index contributed by atoms with van der Waals surface area (Å²) in [6, 6.07) is 16.4. The molecule has 0 saturated heterocycles. The SMILES string of the molecule is O=C(Cl)C1CC(C(=O)Oc2ccccc2)C(C(=O)Cl)C1C(=O)Oc1ccccc1. The first-order valence-corrected chi connectivity index (χ1v) is 9.56. The minimum Gasteiger partial charge on any atom is -0.426 e. The van der Waals surface area contributed by atoms with Crippen LogP contribution < -0.4 is 9.47 Å². The Hall–Kier alpha value is -2.70. The fourth-order valence-electron chi connectivity index (χ4n) is 3.51. The molecule has 0 N–H and O–H groups in total. The van der Waals surface area contributed by atoms with Gasteiger partial charge in [-0.1, -0.05) is 36.4 Å². The predicted molar refractivity (Wildman–Crippen MR) is 104 cm³/mol. The van der Waals surface area contributed by atoms with Crippen molar-refractivity contribution in [3.05, 3.63) is 60.7 Å². The molecule has 4 unspecified atom stereocenters. The zero-order valence-electron chi connectivity index (χ0n) is 15.0. The van der Waals surface area contributed by atoms with Crippen molar-refractivity contribution in [2.75, 3.05) is 0 Å². The molecule has 1 saturated carbocycles. The Kier molecular flexibility index (Phi) is 6.67. The van der Waals surface area contributed by atoms with Crippen LogP contribution in [-0.4, -0.2) is 22.4 Å². The van der Waals surface area contributed by atoms with E-state index in [0.29, 0.717) is 0 Å². The summed E-state index contributed by atoms with van der Waals surface area (Å²) >= 11 is 11.4. The third-order valence-electron chi connectivity index (χ3n) is 4.81. The van der Waals surface area contributed by atoms with E-state index in [1.807, 2.05) is 0 Å². The van der Waals surface area contributed by atoms with Crippen molar-refractivity contribution in [2.45, 2.75) is 6.42 Å². The minimum absolute atomic E-state index is 0.147. The Morgan fingerprint density at radius 1 is 0.655 bits per heavy atom. The van der Waals surface area contributed by atoms with E-state index < -0.39 is 46.1 Å². The molecule has 6 nitrogen and oxygen atoms in total. The van der Waals surface area contributed by atoms with E-state index in [1.165, 1.54) is 0 Å². The Balaban J connectivity index is 1.87. The van der Waals surface area contributed by atoms with Gasteiger partial charge in [-0.3, -0.25) is 19.2 Å². The smallest absolute Gasteiger partial charge is 0.315 e. The van der Waals surface area contributed by atoms with Crippen molar-refractivity contribution in [3.63, 3.8) is 0 Å². The molecule has 0 amide bonds. The average molecular weight is 435 g/mol. The van der Waals surface area contributed by atoms with E-state index in [9.17, 15) is 19.2 Å². The number of hydrogen-bond donors (Lipinski definition) is 0. The molecule has 0 bridgehead atoms. The van der Waals surface area contributed by atoms with Gasteiger partial charge in [0.05, 0.1) is 17.8 Å². The summed E-state index contributed by atoms with van der Waals surface area (Å²) in [5.41, 5.74) is 0. The van der Waals surface area contributed by atoms with E-state index in [1.54, 1.807) is 60.7 Å². The van der Waals surface area contributed by atoms with Gasteiger partial charge in [0.2, 0.25) is 10.5 Å². The molecule has 2 aromatic carbocycles. The van der Waals surface area contributed by atoms with E-state index in [4.69, 9.17) is 32.7 Å². The van der Waals surface area contributed by atoms with Gasteiger partial charge in [-0.05, 0) is 53.9 Å². The van der Waals surface area contributed by atoms with Crippen LogP contribution in [0.2, 0.25) is 0 Å². The number of halogens is 2. The topological polar surface area (TPSA) is 86.7 Å². The lowest BCUT2D eigenvalue weighted by Crippen LogP contribution is -2.36. The van der Waals surface area contributed by atoms with Crippen molar-refractivity contribution in [3.8, 4) is 11.5 Å². The van der Waals surface area contributed by atoms with Crippen LogP contribution in [0.15, 0.2) is 60.7 Å². The molecule has 8 heteroatoms. The highest BCUT2D eigenvalue weighted by Gasteiger charge is 2.56. The number of para-hydroxylation sites is 2. The van der Waals surface area contributed by atoms with Gasteiger partial charge in [0.1, 0.15) is 11.5 Å². The first-order valence-electron chi connectivity index (χ1n) is 8.80. The van der Waals surface area contributed by atoms with Crippen molar-refractivity contribution >= 4 is 45.6 Å². The van der Waals surface area contributed by atoms with E-state index in [-0.39, 0.29) is 17.9 Å². The fourth-order valence-corrected chi connectivity index (χ4v) is 4.02. The normalized spacial score (nSPS) is 23.2. The summed E-state index contributed by atoms with van der Waals surface area (Å²) in [6.07, 6.45) is -0.147. The molecule has 1 aliphatic carbocycles. The molecular weight excluding hydrogens is 419 g/mol. The highest BCUT2D eigenvalue weighted by molar-refractivity contribution is 6.65. The lowest BCUT2D eigenvalue weighted by Gasteiger charge is -2.20. The fraction of sp³-hybridized carbons (Fsp3) is 0.238. The molecule has 0 spiro atoms. The second-order valence-electron chi connectivity index (χ2n) is 6.58. The van der Waals surface area contributed by atoms with Crippen LogP contribution in [0.25, 0.3) is 0 Å². The first kappa shape index (κ1) is 21.0. The standard InChI is InChI=1S/C21H16Cl2O6/c22-18(24)14-11-15(20(26)28-12-7-3-1-4-8-12)16(19(23)25)17(14)21(27)29-13-9-5-2-6-10-13/h1-10,14-17H,11H2. The number of ether oxygens (including phenoxy) is 2. The molecule has 0 heterocycles. The summed E-state index contributed by atoms with van der Waals surface area (Å²) < 4.78 is 10.6. The highest BCUT2D eigenvalue weighted by atomic mass is 35.5. The Morgan fingerprint density at radius 2 is 1.14 bits per heavy atom. The lowest BCUT2D eigenvalue weighted by atomic mass is 9.88. The molecule has 3 rings (SSSR count). The molecule has 0 radical (unpaired) electrons. The second-order valence-corrected chi connectivity index (χ2v) is 7.32. The quantitative estimate of drug-likeness (QED) is 0.392. The van der Waals surface area contributed by atoms with Crippen molar-refractivity contribution in [2.24, 2.45) is 23.7 Å². The molecule has 2 aromatic rings. The molecule has 0 aromatic heterocycles. The van der Waals surface area contributed by atoms with Gasteiger partial charge < -0.3 is 9.47 Å². The van der Waals surface area contributed by atoms with Crippen LogP contribution in [-0.2, 0) is 19.2 Å². The van der Waals surface area contributed by atoms with Gasteiger partial charge >= 0.3 is 11.9 Å².